The number of rotatable bonds is 5. The van der Waals surface area contributed by atoms with E-state index in [1.165, 1.54) is 35.2 Å². The summed E-state index contributed by atoms with van der Waals surface area (Å²) in [6.45, 7) is 0.149. The molecule has 0 aromatic heterocycles. The van der Waals surface area contributed by atoms with Gasteiger partial charge in [0.1, 0.15) is 17.4 Å². The second kappa shape index (κ2) is 7.99. The number of aliphatic hydroxyl groups is 1. The van der Waals surface area contributed by atoms with Gasteiger partial charge in [0.15, 0.2) is 5.76 Å². The molecule has 1 aliphatic rings. The highest BCUT2D eigenvalue weighted by Gasteiger charge is 2.42. The molecular formula is C24H19F2NO3. The van der Waals surface area contributed by atoms with E-state index in [1.54, 1.807) is 49.6 Å². The number of nitrogens with zero attached hydrogens (tertiary/aromatic N) is 1. The Morgan fingerprint density at radius 3 is 2.27 bits per heavy atom. The van der Waals surface area contributed by atoms with E-state index in [4.69, 9.17) is 4.74 Å². The van der Waals surface area contributed by atoms with Crippen LogP contribution in [0.5, 0.6) is 5.75 Å². The van der Waals surface area contributed by atoms with Gasteiger partial charge in [-0.05, 0) is 41.5 Å². The fourth-order valence-electron chi connectivity index (χ4n) is 3.69. The van der Waals surface area contributed by atoms with Gasteiger partial charge in [-0.25, -0.2) is 8.78 Å². The summed E-state index contributed by atoms with van der Waals surface area (Å²) in [6.07, 6.45) is 0. The van der Waals surface area contributed by atoms with Gasteiger partial charge >= 0.3 is 0 Å². The van der Waals surface area contributed by atoms with Crippen molar-refractivity contribution in [1.82, 2.24) is 4.90 Å². The van der Waals surface area contributed by atoms with Gasteiger partial charge in [-0.2, -0.15) is 0 Å². The van der Waals surface area contributed by atoms with Gasteiger partial charge in [0.25, 0.3) is 5.91 Å². The number of aliphatic hydroxyl groups excluding tert-OH is 1. The minimum atomic E-state index is -0.855. The lowest BCUT2D eigenvalue weighted by Crippen LogP contribution is -2.30. The maximum absolute atomic E-state index is 14.7. The van der Waals surface area contributed by atoms with E-state index >= 15 is 0 Å². The molecule has 30 heavy (non-hydrogen) atoms. The van der Waals surface area contributed by atoms with Crippen molar-refractivity contribution in [1.29, 1.82) is 0 Å². The van der Waals surface area contributed by atoms with Crippen molar-refractivity contribution < 1.29 is 23.4 Å². The molecule has 0 aliphatic carbocycles. The molecule has 0 spiro atoms. The zero-order valence-electron chi connectivity index (χ0n) is 16.2. The van der Waals surface area contributed by atoms with E-state index < -0.39 is 29.3 Å². The fourth-order valence-corrected chi connectivity index (χ4v) is 3.69. The Kier molecular flexibility index (Phi) is 5.23. The van der Waals surface area contributed by atoms with Crippen LogP contribution in [0.15, 0.2) is 78.6 Å². The van der Waals surface area contributed by atoms with Crippen LogP contribution in [0, 0.1) is 11.6 Å². The number of amides is 1. The third-order valence-corrected chi connectivity index (χ3v) is 5.17. The molecule has 1 atom stereocenters. The van der Waals surface area contributed by atoms with Crippen LogP contribution < -0.4 is 4.74 Å². The van der Waals surface area contributed by atoms with Gasteiger partial charge in [-0.3, -0.25) is 4.79 Å². The summed E-state index contributed by atoms with van der Waals surface area (Å²) < 4.78 is 33.3. The molecule has 0 saturated carbocycles. The minimum Gasteiger partial charge on any atom is -0.503 e. The van der Waals surface area contributed by atoms with Gasteiger partial charge in [-0.15, -0.1) is 0 Å². The average molecular weight is 407 g/mol. The number of carbonyl (C=O) groups excluding carboxylic acids is 1. The van der Waals surface area contributed by atoms with Crippen LogP contribution in [0.2, 0.25) is 0 Å². The van der Waals surface area contributed by atoms with E-state index in [-0.39, 0.29) is 17.7 Å². The van der Waals surface area contributed by atoms with E-state index in [0.29, 0.717) is 11.3 Å². The van der Waals surface area contributed by atoms with Crippen molar-refractivity contribution in [3.05, 3.63) is 107 Å². The Morgan fingerprint density at radius 1 is 0.967 bits per heavy atom. The molecule has 1 N–H and O–H groups in total. The third kappa shape index (κ3) is 3.52. The lowest BCUT2D eigenvalue weighted by molar-refractivity contribution is -0.130. The Balaban J connectivity index is 1.80. The highest BCUT2D eigenvalue weighted by atomic mass is 19.1. The maximum Gasteiger partial charge on any atom is 0.290 e. The third-order valence-electron chi connectivity index (χ3n) is 5.17. The molecule has 152 valence electrons. The summed E-state index contributed by atoms with van der Waals surface area (Å²) in [7, 11) is 1.56. The van der Waals surface area contributed by atoms with E-state index in [0.717, 1.165) is 5.56 Å². The van der Waals surface area contributed by atoms with Crippen LogP contribution in [0.25, 0.3) is 5.57 Å². The zero-order valence-corrected chi connectivity index (χ0v) is 16.2. The lowest BCUT2D eigenvalue weighted by atomic mass is 9.93. The highest BCUT2D eigenvalue weighted by Crippen LogP contribution is 2.44. The first-order chi connectivity index (χ1) is 14.5. The van der Waals surface area contributed by atoms with Gasteiger partial charge in [0.2, 0.25) is 0 Å². The number of ether oxygens (including phenoxy) is 1. The first kappa shape index (κ1) is 19.6. The first-order valence-corrected chi connectivity index (χ1v) is 9.37. The van der Waals surface area contributed by atoms with Crippen molar-refractivity contribution in [3.8, 4) is 5.75 Å². The molecule has 0 bridgehead atoms. The molecule has 1 amide bonds. The molecule has 0 saturated heterocycles. The quantitative estimate of drug-likeness (QED) is 0.646. The maximum atomic E-state index is 14.7. The molecule has 3 aromatic rings. The van der Waals surface area contributed by atoms with Gasteiger partial charge in [0.05, 0.1) is 13.2 Å². The molecule has 1 aliphatic heterocycles. The summed E-state index contributed by atoms with van der Waals surface area (Å²) in [5.74, 6) is -1.35. The number of hydrogen-bond acceptors (Lipinski definition) is 3. The van der Waals surface area contributed by atoms with Crippen molar-refractivity contribution in [2.24, 2.45) is 0 Å². The lowest BCUT2D eigenvalue weighted by Gasteiger charge is -2.28. The van der Waals surface area contributed by atoms with Crippen LogP contribution in [0.4, 0.5) is 8.78 Å². The Labute approximate surface area is 172 Å². The smallest absolute Gasteiger partial charge is 0.290 e. The Morgan fingerprint density at radius 2 is 1.63 bits per heavy atom. The highest BCUT2D eigenvalue weighted by molar-refractivity contribution is 6.05. The molecule has 0 unspecified atom stereocenters. The van der Waals surface area contributed by atoms with Crippen LogP contribution in [-0.4, -0.2) is 23.0 Å². The SMILES string of the molecule is COc1ccc(CN2C(=O)C(O)=C(c3ccc(F)cc3)[C@@H]2c2ccccc2F)cc1. The number of methoxy groups -OCH3 is 1. The fraction of sp³-hybridized carbons (Fsp3) is 0.125. The summed E-state index contributed by atoms with van der Waals surface area (Å²) >= 11 is 0. The number of hydrogen-bond donors (Lipinski definition) is 1. The number of carbonyl (C=O) groups is 1. The van der Waals surface area contributed by atoms with Crippen LogP contribution >= 0.6 is 0 Å². The van der Waals surface area contributed by atoms with E-state index in [9.17, 15) is 18.7 Å². The Hall–Kier alpha value is -3.67. The molecule has 3 aromatic carbocycles. The van der Waals surface area contributed by atoms with Crippen molar-refractivity contribution >= 4 is 11.5 Å². The monoisotopic (exact) mass is 407 g/mol. The second-order valence-electron chi connectivity index (χ2n) is 6.97. The van der Waals surface area contributed by atoms with Crippen LogP contribution in [0.1, 0.15) is 22.7 Å². The standard InChI is InChI=1S/C24H19F2NO3/c1-30-18-12-6-15(7-13-18)14-27-22(19-4-2-3-5-20(19)26)21(23(28)24(27)29)16-8-10-17(25)11-9-16/h2-13,22,28H,14H2,1H3/t22-/m0/s1. The number of halogens is 2. The molecular weight excluding hydrogens is 388 g/mol. The summed E-state index contributed by atoms with van der Waals surface area (Å²) in [4.78, 5) is 14.4. The van der Waals surface area contributed by atoms with Gasteiger partial charge in [-0.1, -0.05) is 42.5 Å². The van der Waals surface area contributed by atoms with E-state index in [2.05, 4.69) is 0 Å². The van der Waals surface area contributed by atoms with Crippen LogP contribution in [0.3, 0.4) is 0 Å². The molecule has 4 nitrogen and oxygen atoms in total. The largest absolute Gasteiger partial charge is 0.503 e. The summed E-state index contributed by atoms with van der Waals surface area (Å²) in [5.41, 5.74) is 1.74. The molecule has 4 rings (SSSR count). The normalized spacial score (nSPS) is 16.3. The topological polar surface area (TPSA) is 49.8 Å². The van der Waals surface area contributed by atoms with Gasteiger partial charge in [0, 0.05) is 17.7 Å². The van der Waals surface area contributed by atoms with Crippen molar-refractivity contribution in [2.45, 2.75) is 12.6 Å². The summed E-state index contributed by atoms with van der Waals surface area (Å²) in [6, 6.07) is 17.8. The molecule has 0 fully saturated rings. The molecule has 0 radical (unpaired) electrons. The molecule has 6 heteroatoms. The van der Waals surface area contributed by atoms with E-state index in [1.807, 2.05) is 0 Å². The van der Waals surface area contributed by atoms with Crippen LogP contribution in [-0.2, 0) is 11.3 Å². The first-order valence-electron chi connectivity index (χ1n) is 9.37. The molecule has 1 heterocycles. The Bertz CT molecular complexity index is 1110. The predicted molar refractivity (Wildman–Crippen MR) is 109 cm³/mol. The van der Waals surface area contributed by atoms with Crippen molar-refractivity contribution in [2.75, 3.05) is 7.11 Å². The zero-order chi connectivity index (χ0) is 21.3. The number of benzene rings is 3. The minimum absolute atomic E-state index is 0.149. The predicted octanol–water partition coefficient (Wildman–Crippen LogP) is 5.03. The average Bonchev–Trinajstić information content (AvgIpc) is 3.00. The second-order valence-corrected chi connectivity index (χ2v) is 6.97. The summed E-state index contributed by atoms with van der Waals surface area (Å²) in [5, 5.41) is 10.7. The van der Waals surface area contributed by atoms with Crippen molar-refractivity contribution in [3.63, 3.8) is 0 Å². The van der Waals surface area contributed by atoms with Gasteiger partial charge < -0.3 is 14.7 Å².